The number of nitrogens with one attached hydrogen (secondary N) is 1. The molecular weight excluding hydrogens is 693 g/mol. The molecule has 1 saturated heterocycles. The molecular formula is C34H32BrF3N6O4. The van der Waals surface area contributed by atoms with Crippen molar-refractivity contribution in [3.8, 4) is 17.5 Å². The van der Waals surface area contributed by atoms with Gasteiger partial charge in [-0.05, 0) is 50.4 Å². The molecule has 2 atom stereocenters. The number of aromatic nitrogens is 2. The Kier molecular flexibility index (Phi) is 9.21. The monoisotopic (exact) mass is 724 g/mol. The number of ether oxygens (including phenoxy) is 2. The third-order valence-electron chi connectivity index (χ3n) is 8.87. The van der Waals surface area contributed by atoms with Crippen LogP contribution >= 0.6 is 15.9 Å². The van der Waals surface area contributed by atoms with E-state index in [1.54, 1.807) is 61.1 Å². The van der Waals surface area contributed by atoms with Crippen LogP contribution in [0.5, 0.6) is 5.75 Å². The Morgan fingerprint density at radius 2 is 1.85 bits per heavy atom. The van der Waals surface area contributed by atoms with E-state index in [4.69, 9.17) is 14.6 Å². The standard InChI is InChI=1S/C34H32BrF3N6O4/c1-21(40-2)19-43(32(46)34(36,37)38)30-31(45)42(28-12-11-23(35)17-29(28)48-33(30)13-15-47-16-14-33)20-25-24-8-4-6-10-27(24)44(41-25)26-9-5-3-7-22(26)18-39/h3-12,17,21,30,40H,13-16,19-20H2,1-2H3/t21-,30+/m0/s1. The van der Waals surface area contributed by atoms with Crippen molar-refractivity contribution in [2.24, 2.45) is 0 Å². The Balaban J connectivity index is 1.55. The summed E-state index contributed by atoms with van der Waals surface area (Å²) in [4.78, 5) is 30.3. The maximum Gasteiger partial charge on any atom is 0.471 e. The van der Waals surface area contributed by atoms with E-state index in [9.17, 15) is 23.2 Å². The Bertz CT molecular complexity index is 1900. The minimum absolute atomic E-state index is 0.0707. The highest BCUT2D eigenvalue weighted by atomic mass is 79.9. The van der Waals surface area contributed by atoms with Crippen molar-refractivity contribution in [1.29, 1.82) is 5.26 Å². The highest BCUT2D eigenvalue weighted by Gasteiger charge is 2.58. The highest BCUT2D eigenvalue weighted by molar-refractivity contribution is 9.10. The van der Waals surface area contributed by atoms with Crippen molar-refractivity contribution in [1.82, 2.24) is 20.0 Å². The molecule has 0 unspecified atom stereocenters. The van der Waals surface area contributed by atoms with Crippen molar-refractivity contribution < 1.29 is 32.2 Å². The first kappa shape index (κ1) is 33.5. The molecule has 2 aliphatic rings. The van der Waals surface area contributed by atoms with Gasteiger partial charge in [-0.3, -0.25) is 9.59 Å². The molecule has 2 aliphatic heterocycles. The molecule has 0 aliphatic carbocycles. The molecule has 0 bridgehead atoms. The van der Waals surface area contributed by atoms with E-state index < -0.39 is 42.2 Å². The van der Waals surface area contributed by atoms with Crippen LogP contribution in [0.4, 0.5) is 18.9 Å². The molecule has 3 aromatic carbocycles. The lowest BCUT2D eigenvalue weighted by atomic mass is 9.83. The van der Waals surface area contributed by atoms with Crippen LogP contribution in [0.1, 0.15) is 31.0 Å². The summed E-state index contributed by atoms with van der Waals surface area (Å²) in [6.07, 6.45) is -5.11. The van der Waals surface area contributed by atoms with Gasteiger partial charge in [0, 0.05) is 35.3 Å². The Morgan fingerprint density at radius 3 is 2.56 bits per heavy atom. The predicted octanol–water partition coefficient (Wildman–Crippen LogP) is 5.50. The average Bonchev–Trinajstić information content (AvgIpc) is 3.40. The van der Waals surface area contributed by atoms with Crippen molar-refractivity contribution in [2.45, 2.75) is 50.2 Å². The molecule has 6 rings (SSSR count). The van der Waals surface area contributed by atoms with Gasteiger partial charge in [-0.15, -0.1) is 0 Å². The summed E-state index contributed by atoms with van der Waals surface area (Å²) in [5.41, 5.74) is 0.793. The summed E-state index contributed by atoms with van der Waals surface area (Å²) in [6, 6.07) is 19.2. The van der Waals surface area contributed by atoms with Crippen LogP contribution in [0.3, 0.4) is 0 Å². The zero-order valence-electron chi connectivity index (χ0n) is 26.1. The van der Waals surface area contributed by atoms with Gasteiger partial charge in [-0.25, -0.2) is 4.68 Å². The number of amides is 2. The number of fused-ring (bicyclic) bond motifs is 2. The Morgan fingerprint density at radius 1 is 1.15 bits per heavy atom. The van der Waals surface area contributed by atoms with Crippen LogP contribution in [0, 0.1) is 11.3 Å². The number of alkyl halides is 3. The minimum Gasteiger partial charge on any atom is -0.482 e. The molecule has 2 amide bonds. The first-order valence-electron chi connectivity index (χ1n) is 15.4. The molecule has 48 heavy (non-hydrogen) atoms. The maximum atomic E-state index is 15.1. The Labute approximate surface area is 283 Å². The number of likely N-dealkylation sites (N-methyl/N-ethyl adjacent to an activating group) is 1. The number of nitrogens with zero attached hydrogens (tertiary/aromatic N) is 5. The van der Waals surface area contributed by atoms with Crippen LogP contribution in [-0.4, -0.2) is 77.2 Å². The normalized spacial score (nSPS) is 18.1. The van der Waals surface area contributed by atoms with E-state index in [0.717, 1.165) is 0 Å². The number of para-hydroxylation sites is 2. The number of hydrogen-bond donors (Lipinski definition) is 1. The quantitative estimate of drug-likeness (QED) is 0.268. The first-order chi connectivity index (χ1) is 23.0. The number of anilines is 1. The second-order valence-electron chi connectivity index (χ2n) is 11.9. The molecule has 0 saturated carbocycles. The van der Waals surface area contributed by atoms with E-state index in [2.05, 4.69) is 27.3 Å². The van der Waals surface area contributed by atoms with E-state index >= 15 is 4.79 Å². The molecule has 250 valence electrons. The maximum absolute atomic E-state index is 15.1. The smallest absolute Gasteiger partial charge is 0.471 e. The van der Waals surface area contributed by atoms with Crippen molar-refractivity contribution in [2.75, 3.05) is 31.7 Å². The van der Waals surface area contributed by atoms with Crippen LogP contribution < -0.4 is 15.0 Å². The fourth-order valence-corrected chi connectivity index (χ4v) is 6.76. The lowest BCUT2D eigenvalue weighted by molar-refractivity contribution is -0.195. The topological polar surface area (TPSA) is 113 Å². The van der Waals surface area contributed by atoms with Gasteiger partial charge in [-0.1, -0.05) is 46.3 Å². The summed E-state index contributed by atoms with van der Waals surface area (Å²) in [5.74, 6) is -2.61. The second-order valence-corrected chi connectivity index (χ2v) is 12.8. The van der Waals surface area contributed by atoms with Crippen LogP contribution in [-0.2, 0) is 20.9 Å². The fraction of sp³-hybridized carbons (Fsp3) is 0.353. The summed E-state index contributed by atoms with van der Waals surface area (Å²) in [5, 5.41) is 18.2. The lowest BCUT2D eigenvalue weighted by Crippen LogP contribution is -2.67. The largest absolute Gasteiger partial charge is 0.482 e. The molecule has 10 nitrogen and oxygen atoms in total. The number of nitriles is 1. The number of benzene rings is 3. The zero-order valence-corrected chi connectivity index (χ0v) is 27.7. The van der Waals surface area contributed by atoms with Crippen molar-refractivity contribution in [3.63, 3.8) is 0 Å². The molecule has 3 heterocycles. The highest BCUT2D eigenvalue weighted by Crippen LogP contribution is 2.45. The van der Waals surface area contributed by atoms with Crippen LogP contribution in [0.25, 0.3) is 16.6 Å². The van der Waals surface area contributed by atoms with E-state index in [-0.39, 0.29) is 38.3 Å². The van der Waals surface area contributed by atoms with Crippen molar-refractivity contribution in [3.05, 3.63) is 82.5 Å². The first-order valence-corrected chi connectivity index (χ1v) is 16.2. The number of carbonyl (C=O) groups is 2. The van der Waals surface area contributed by atoms with Gasteiger partial charge in [0.1, 0.15) is 17.4 Å². The van der Waals surface area contributed by atoms with Crippen LogP contribution in [0.15, 0.2) is 71.2 Å². The molecule has 1 spiro atoms. The summed E-state index contributed by atoms with van der Waals surface area (Å²) < 4.78 is 57.4. The van der Waals surface area contributed by atoms with E-state index in [1.165, 1.54) is 4.90 Å². The molecule has 14 heteroatoms. The summed E-state index contributed by atoms with van der Waals surface area (Å²) >= 11 is 3.47. The second kappa shape index (κ2) is 13.2. The van der Waals surface area contributed by atoms with E-state index in [1.807, 2.05) is 24.3 Å². The average molecular weight is 726 g/mol. The van der Waals surface area contributed by atoms with Gasteiger partial charge in [0.25, 0.3) is 5.91 Å². The number of rotatable bonds is 7. The molecule has 1 fully saturated rings. The predicted molar refractivity (Wildman–Crippen MR) is 175 cm³/mol. The Hall–Kier alpha value is -4.45. The SMILES string of the molecule is CN[C@@H](C)CN(C(=O)C(F)(F)F)[C@@H]1C(=O)N(Cc2nn(-c3ccccc3C#N)c3ccccc23)c2ccc(Br)cc2OC12CCOCC2. The molecule has 1 N–H and O–H groups in total. The number of hydrogen-bond acceptors (Lipinski definition) is 7. The zero-order chi connectivity index (χ0) is 34.2. The van der Waals surface area contributed by atoms with E-state index in [0.29, 0.717) is 42.9 Å². The van der Waals surface area contributed by atoms with Gasteiger partial charge in [-0.2, -0.15) is 23.5 Å². The summed E-state index contributed by atoms with van der Waals surface area (Å²) in [7, 11) is 1.57. The fourth-order valence-electron chi connectivity index (χ4n) is 6.42. The van der Waals surface area contributed by atoms with Gasteiger partial charge in [0.2, 0.25) is 0 Å². The molecule has 0 radical (unpaired) electrons. The summed E-state index contributed by atoms with van der Waals surface area (Å²) in [6.45, 7) is 1.30. The minimum atomic E-state index is -5.25. The third-order valence-corrected chi connectivity index (χ3v) is 9.36. The van der Waals surface area contributed by atoms with Crippen molar-refractivity contribution >= 4 is 44.3 Å². The van der Waals surface area contributed by atoms with Gasteiger partial charge < -0.3 is 24.6 Å². The number of carbonyl (C=O) groups excluding carboxylic acids is 2. The lowest BCUT2D eigenvalue weighted by Gasteiger charge is -2.46. The number of halogens is 4. The molecule has 4 aromatic rings. The van der Waals surface area contributed by atoms with Crippen LogP contribution in [0.2, 0.25) is 0 Å². The third kappa shape index (κ3) is 6.13. The van der Waals surface area contributed by atoms with Gasteiger partial charge in [0.05, 0.1) is 47.9 Å². The van der Waals surface area contributed by atoms with Gasteiger partial charge in [0.15, 0.2) is 6.04 Å². The molecule has 1 aromatic heterocycles. The van der Waals surface area contributed by atoms with Gasteiger partial charge >= 0.3 is 12.1 Å².